The molecular weight excluding hydrogens is 262 g/mol. The largest absolute Gasteiger partial charge is 0.425 e. The molecule has 1 heterocycles. The Morgan fingerprint density at radius 2 is 1.86 bits per heavy atom. The lowest BCUT2D eigenvalue weighted by atomic mass is 10.1. The lowest BCUT2D eigenvalue weighted by Gasteiger charge is -2.00. The molecule has 0 atom stereocenters. The average molecular weight is 287 g/mol. The number of benzene rings is 1. The summed E-state index contributed by atoms with van der Waals surface area (Å²) in [6.45, 7) is 6.37. The fourth-order valence-corrected chi connectivity index (χ4v) is 2.28. The van der Waals surface area contributed by atoms with Gasteiger partial charge in [0.15, 0.2) is 0 Å². The van der Waals surface area contributed by atoms with E-state index in [0.29, 0.717) is 0 Å². The molecule has 2 rings (SSSR count). The van der Waals surface area contributed by atoms with Crippen molar-refractivity contribution in [2.75, 3.05) is 13.1 Å². The predicted molar refractivity (Wildman–Crippen MR) is 84.4 cm³/mol. The van der Waals surface area contributed by atoms with Crippen LogP contribution in [0.15, 0.2) is 28.7 Å². The molecule has 0 saturated carbocycles. The normalized spacial score (nSPS) is 11.0. The van der Waals surface area contributed by atoms with Crippen molar-refractivity contribution < 1.29 is 4.42 Å². The average Bonchev–Trinajstić information content (AvgIpc) is 2.93. The van der Waals surface area contributed by atoms with Gasteiger partial charge in [0.25, 0.3) is 0 Å². The molecule has 0 spiro atoms. The van der Waals surface area contributed by atoms with Gasteiger partial charge in [-0.25, -0.2) is 0 Å². The van der Waals surface area contributed by atoms with E-state index in [9.17, 15) is 0 Å². The van der Waals surface area contributed by atoms with E-state index in [4.69, 9.17) is 4.42 Å². The van der Waals surface area contributed by atoms with Gasteiger partial charge in [0.05, 0.1) is 0 Å². The van der Waals surface area contributed by atoms with Gasteiger partial charge in [-0.05, 0) is 44.8 Å². The zero-order valence-corrected chi connectivity index (χ0v) is 13.1. The zero-order valence-electron chi connectivity index (χ0n) is 13.1. The van der Waals surface area contributed by atoms with Gasteiger partial charge >= 0.3 is 0 Å². The smallest absolute Gasteiger partial charge is 0.216 e. The minimum absolute atomic E-state index is 0.744. The molecule has 0 aliphatic heterocycles. The maximum Gasteiger partial charge on any atom is 0.216 e. The van der Waals surface area contributed by atoms with Gasteiger partial charge in [0.1, 0.15) is 0 Å². The van der Waals surface area contributed by atoms with Crippen LogP contribution >= 0.6 is 0 Å². The van der Waals surface area contributed by atoms with Gasteiger partial charge in [-0.3, -0.25) is 0 Å². The molecule has 0 radical (unpaired) electrons. The van der Waals surface area contributed by atoms with Crippen LogP contribution in [0.1, 0.15) is 42.7 Å². The summed E-state index contributed by atoms with van der Waals surface area (Å²) in [4.78, 5) is 0. The number of nitrogens with one attached hydrogen (secondary N) is 1. The van der Waals surface area contributed by atoms with E-state index in [1.165, 1.54) is 17.5 Å². The molecule has 21 heavy (non-hydrogen) atoms. The van der Waals surface area contributed by atoms with Crippen molar-refractivity contribution in [2.24, 2.45) is 0 Å². The fraction of sp³-hybridized carbons (Fsp3) is 0.529. The molecule has 0 fully saturated rings. The monoisotopic (exact) mass is 287 g/mol. The van der Waals surface area contributed by atoms with E-state index in [1.54, 1.807) is 0 Å². The summed E-state index contributed by atoms with van der Waals surface area (Å²) in [6, 6.07) is 8.55. The summed E-state index contributed by atoms with van der Waals surface area (Å²) >= 11 is 0. The van der Waals surface area contributed by atoms with Gasteiger partial charge in [0, 0.05) is 12.8 Å². The van der Waals surface area contributed by atoms with Crippen LogP contribution in [0.3, 0.4) is 0 Å². The lowest BCUT2D eigenvalue weighted by Crippen LogP contribution is -2.16. The summed E-state index contributed by atoms with van der Waals surface area (Å²) in [7, 11) is 0. The lowest BCUT2D eigenvalue weighted by molar-refractivity contribution is 0.441. The van der Waals surface area contributed by atoms with Crippen molar-refractivity contribution in [1.29, 1.82) is 0 Å². The van der Waals surface area contributed by atoms with Gasteiger partial charge in [-0.1, -0.05) is 36.8 Å². The van der Waals surface area contributed by atoms with E-state index in [1.807, 2.05) is 0 Å². The van der Waals surface area contributed by atoms with Gasteiger partial charge in [0.2, 0.25) is 11.8 Å². The standard InChI is InChI=1S/C17H25N3O/c1-3-11-18-12-5-8-16-19-20-17(21-16)10-9-15-7-4-6-14(2)13-15/h4,6-7,13,18H,3,5,8-12H2,1-2H3. The molecule has 0 bridgehead atoms. The van der Waals surface area contributed by atoms with E-state index >= 15 is 0 Å². The first kappa shape index (κ1) is 15.7. The molecule has 2 aromatic rings. The Balaban J connectivity index is 1.72. The van der Waals surface area contributed by atoms with Crippen molar-refractivity contribution in [3.05, 3.63) is 47.2 Å². The van der Waals surface area contributed by atoms with Crippen LogP contribution in [0.2, 0.25) is 0 Å². The third-order valence-electron chi connectivity index (χ3n) is 3.39. The second-order valence-electron chi connectivity index (χ2n) is 5.43. The maximum atomic E-state index is 5.69. The highest BCUT2D eigenvalue weighted by Gasteiger charge is 2.06. The number of nitrogens with zero attached hydrogens (tertiary/aromatic N) is 2. The van der Waals surface area contributed by atoms with E-state index in [0.717, 1.165) is 50.6 Å². The first-order valence-electron chi connectivity index (χ1n) is 7.85. The molecular formula is C17H25N3O. The zero-order chi connectivity index (χ0) is 14.9. The summed E-state index contributed by atoms with van der Waals surface area (Å²) in [5, 5.41) is 11.6. The molecule has 114 valence electrons. The molecule has 0 amide bonds. The third kappa shape index (κ3) is 5.68. The Morgan fingerprint density at radius 3 is 2.62 bits per heavy atom. The Kier molecular flexibility index (Phi) is 6.41. The fourth-order valence-electron chi connectivity index (χ4n) is 2.28. The van der Waals surface area contributed by atoms with E-state index in [2.05, 4.69) is 53.6 Å². The van der Waals surface area contributed by atoms with Crippen LogP contribution < -0.4 is 5.32 Å². The number of aromatic nitrogens is 2. The molecule has 0 aliphatic rings. The summed E-state index contributed by atoms with van der Waals surface area (Å²) < 4.78 is 5.69. The maximum absolute atomic E-state index is 5.69. The highest BCUT2D eigenvalue weighted by atomic mass is 16.4. The molecule has 1 aromatic carbocycles. The predicted octanol–water partition coefficient (Wildman–Crippen LogP) is 3.10. The van der Waals surface area contributed by atoms with Crippen molar-refractivity contribution >= 4 is 0 Å². The summed E-state index contributed by atoms with van der Waals surface area (Å²) in [5.41, 5.74) is 2.61. The van der Waals surface area contributed by atoms with Gasteiger partial charge < -0.3 is 9.73 Å². The van der Waals surface area contributed by atoms with Crippen LogP contribution in [0.4, 0.5) is 0 Å². The third-order valence-corrected chi connectivity index (χ3v) is 3.39. The minimum Gasteiger partial charge on any atom is -0.425 e. The number of hydrogen-bond donors (Lipinski definition) is 1. The molecule has 1 N–H and O–H groups in total. The van der Waals surface area contributed by atoms with Crippen LogP contribution in [-0.2, 0) is 19.3 Å². The van der Waals surface area contributed by atoms with Crippen molar-refractivity contribution in [3.63, 3.8) is 0 Å². The van der Waals surface area contributed by atoms with E-state index < -0.39 is 0 Å². The Hall–Kier alpha value is -1.68. The van der Waals surface area contributed by atoms with Gasteiger partial charge in [-0.15, -0.1) is 10.2 Å². The first-order chi connectivity index (χ1) is 10.3. The summed E-state index contributed by atoms with van der Waals surface area (Å²) in [5.74, 6) is 1.50. The molecule has 4 heteroatoms. The SMILES string of the molecule is CCCNCCCc1nnc(CCc2cccc(C)c2)o1. The van der Waals surface area contributed by atoms with Gasteiger partial charge in [-0.2, -0.15) is 0 Å². The Morgan fingerprint density at radius 1 is 1.05 bits per heavy atom. The highest BCUT2D eigenvalue weighted by Crippen LogP contribution is 2.09. The van der Waals surface area contributed by atoms with Crippen LogP contribution in [0, 0.1) is 6.92 Å². The van der Waals surface area contributed by atoms with Crippen LogP contribution in [0.5, 0.6) is 0 Å². The van der Waals surface area contributed by atoms with Crippen molar-refractivity contribution in [2.45, 2.75) is 46.0 Å². The molecule has 1 aromatic heterocycles. The van der Waals surface area contributed by atoms with Crippen LogP contribution in [-0.4, -0.2) is 23.3 Å². The molecule has 4 nitrogen and oxygen atoms in total. The molecule has 0 unspecified atom stereocenters. The highest BCUT2D eigenvalue weighted by molar-refractivity contribution is 5.22. The number of rotatable bonds is 9. The minimum atomic E-state index is 0.744. The molecule has 0 saturated heterocycles. The number of aryl methyl sites for hydroxylation is 4. The van der Waals surface area contributed by atoms with Crippen molar-refractivity contribution in [1.82, 2.24) is 15.5 Å². The van der Waals surface area contributed by atoms with Crippen molar-refractivity contribution in [3.8, 4) is 0 Å². The van der Waals surface area contributed by atoms with Crippen LogP contribution in [0.25, 0.3) is 0 Å². The summed E-state index contributed by atoms with van der Waals surface area (Å²) in [6.07, 6.45) is 4.82. The Bertz CT molecular complexity index is 536. The second-order valence-corrected chi connectivity index (χ2v) is 5.43. The first-order valence-corrected chi connectivity index (χ1v) is 7.85. The topological polar surface area (TPSA) is 51.0 Å². The van der Waals surface area contributed by atoms with E-state index in [-0.39, 0.29) is 0 Å². The second kappa shape index (κ2) is 8.57. The molecule has 0 aliphatic carbocycles. The number of hydrogen-bond acceptors (Lipinski definition) is 4. The Labute approximate surface area is 127 Å². The quantitative estimate of drug-likeness (QED) is 0.720.